The summed E-state index contributed by atoms with van der Waals surface area (Å²) < 4.78 is 12.0. The maximum Gasteiger partial charge on any atom is 0.255 e. The molecule has 154 valence electrons. The van der Waals surface area contributed by atoms with Crippen LogP contribution in [0.5, 0.6) is 11.5 Å². The minimum absolute atomic E-state index is 0.195. The summed E-state index contributed by atoms with van der Waals surface area (Å²) in [7, 11) is 0. The Morgan fingerprint density at radius 2 is 1.97 bits per heavy atom. The van der Waals surface area contributed by atoms with Gasteiger partial charge in [-0.3, -0.25) is 19.7 Å². The topological polar surface area (TPSA) is 84.9 Å². The van der Waals surface area contributed by atoms with Gasteiger partial charge in [0.05, 0.1) is 19.8 Å². The van der Waals surface area contributed by atoms with Crippen LogP contribution in [-0.2, 0) is 22.6 Å². The lowest BCUT2D eigenvalue weighted by Gasteiger charge is -2.29. The van der Waals surface area contributed by atoms with Crippen LogP contribution in [0.2, 0.25) is 0 Å². The van der Waals surface area contributed by atoms with Crippen LogP contribution < -0.4 is 14.8 Å². The summed E-state index contributed by atoms with van der Waals surface area (Å²) in [6, 6.07) is 12.8. The fourth-order valence-electron chi connectivity index (χ4n) is 4.40. The van der Waals surface area contributed by atoms with Gasteiger partial charge in [0.2, 0.25) is 11.8 Å². The van der Waals surface area contributed by atoms with Gasteiger partial charge in [-0.2, -0.15) is 0 Å². The SMILES string of the molecule is O=C1CCC(N2Cc3c(OCC4COc5ccccc5C4)cccc3C2=O)C(=O)N1. The smallest absolute Gasteiger partial charge is 0.255 e. The molecular weight excluding hydrogens is 384 g/mol. The van der Waals surface area contributed by atoms with E-state index in [-0.39, 0.29) is 24.2 Å². The van der Waals surface area contributed by atoms with E-state index >= 15 is 0 Å². The molecule has 2 unspecified atom stereocenters. The first-order valence-corrected chi connectivity index (χ1v) is 10.2. The van der Waals surface area contributed by atoms with Crippen LogP contribution in [0.1, 0.15) is 34.3 Å². The highest BCUT2D eigenvalue weighted by Crippen LogP contribution is 2.34. The molecule has 2 aromatic carbocycles. The van der Waals surface area contributed by atoms with Crippen molar-refractivity contribution < 1.29 is 23.9 Å². The summed E-state index contributed by atoms with van der Waals surface area (Å²) in [6.45, 7) is 1.38. The number of benzene rings is 2. The monoisotopic (exact) mass is 406 g/mol. The number of para-hydroxylation sites is 1. The van der Waals surface area contributed by atoms with Crippen molar-refractivity contribution in [2.45, 2.75) is 31.8 Å². The lowest BCUT2D eigenvalue weighted by Crippen LogP contribution is -2.52. The highest BCUT2D eigenvalue weighted by molar-refractivity contribution is 6.05. The van der Waals surface area contributed by atoms with E-state index in [0.29, 0.717) is 37.5 Å². The molecule has 3 aliphatic rings. The molecule has 0 spiro atoms. The zero-order valence-corrected chi connectivity index (χ0v) is 16.4. The molecule has 1 N–H and O–H groups in total. The Morgan fingerprint density at radius 3 is 2.83 bits per heavy atom. The number of nitrogens with zero attached hydrogens (tertiary/aromatic N) is 1. The van der Waals surface area contributed by atoms with Crippen LogP contribution in [0.25, 0.3) is 0 Å². The second-order valence-corrected chi connectivity index (χ2v) is 7.98. The molecule has 3 amide bonds. The quantitative estimate of drug-likeness (QED) is 0.786. The van der Waals surface area contributed by atoms with Gasteiger partial charge in [0.1, 0.15) is 17.5 Å². The first-order valence-electron chi connectivity index (χ1n) is 10.2. The first kappa shape index (κ1) is 18.7. The maximum absolute atomic E-state index is 12.9. The van der Waals surface area contributed by atoms with Crippen molar-refractivity contribution in [1.29, 1.82) is 0 Å². The Kier molecular flexibility index (Phi) is 4.65. The van der Waals surface area contributed by atoms with Gasteiger partial charge in [0, 0.05) is 23.5 Å². The highest BCUT2D eigenvalue weighted by Gasteiger charge is 2.40. The molecule has 3 aliphatic heterocycles. The number of piperidine rings is 1. The van der Waals surface area contributed by atoms with Gasteiger partial charge in [-0.05, 0) is 36.6 Å². The molecule has 1 saturated heterocycles. The van der Waals surface area contributed by atoms with Gasteiger partial charge in [0.15, 0.2) is 0 Å². The summed E-state index contributed by atoms with van der Waals surface area (Å²) in [5.74, 6) is 0.918. The number of imide groups is 1. The van der Waals surface area contributed by atoms with Gasteiger partial charge in [-0.15, -0.1) is 0 Å². The molecule has 7 heteroatoms. The van der Waals surface area contributed by atoms with Crippen molar-refractivity contribution in [3.8, 4) is 11.5 Å². The Balaban J connectivity index is 1.29. The van der Waals surface area contributed by atoms with E-state index in [1.807, 2.05) is 24.3 Å². The van der Waals surface area contributed by atoms with Crippen LogP contribution in [0.15, 0.2) is 42.5 Å². The fourth-order valence-corrected chi connectivity index (χ4v) is 4.40. The average Bonchev–Trinajstić information content (AvgIpc) is 3.09. The summed E-state index contributed by atoms with van der Waals surface area (Å²) in [5, 5.41) is 2.33. The van der Waals surface area contributed by atoms with E-state index in [1.165, 1.54) is 5.56 Å². The van der Waals surface area contributed by atoms with Crippen LogP contribution in [0, 0.1) is 5.92 Å². The van der Waals surface area contributed by atoms with Gasteiger partial charge in [0.25, 0.3) is 5.91 Å². The third-order valence-corrected chi connectivity index (χ3v) is 5.97. The van der Waals surface area contributed by atoms with E-state index in [2.05, 4.69) is 11.4 Å². The van der Waals surface area contributed by atoms with Gasteiger partial charge in [-0.1, -0.05) is 24.3 Å². The molecule has 7 nitrogen and oxygen atoms in total. The molecule has 2 atom stereocenters. The molecule has 0 aromatic heterocycles. The largest absolute Gasteiger partial charge is 0.493 e. The van der Waals surface area contributed by atoms with E-state index in [0.717, 1.165) is 17.7 Å². The normalized spacial score (nSPS) is 22.8. The minimum Gasteiger partial charge on any atom is -0.493 e. The number of nitrogens with one attached hydrogen (secondary N) is 1. The second-order valence-electron chi connectivity index (χ2n) is 7.98. The van der Waals surface area contributed by atoms with Crippen molar-refractivity contribution in [2.24, 2.45) is 5.92 Å². The number of fused-ring (bicyclic) bond motifs is 2. The Labute approximate surface area is 174 Å². The van der Waals surface area contributed by atoms with E-state index in [9.17, 15) is 14.4 Å². The molecule has 1 fully saturated rings. The van der Waals surface area contributed by atoms with Crippen molar-refractivity contribution >= 4 is 17.7 Å². The first-order chi connectivity index (χ1) is 14.6. The number of amides is 3. The molecule has 2 aromatic rings. The third kappa shape index (κ3) is 3.30. The maximum atomic E-state index is 12.9. The summed E-state index contributed by atoms with van der Waals surface area (Å²) in [6.07, 6.45) is 1.47. The minimum atomic E-state index is -0.626. The lowest BCUT2D eigenvalue weighted by atomic mass is 9.97. The molecule has 0 saturated carbocycles. The zero-order valence-electron chi connectivity index (χ0n) is 16.4. The predicted octanol–water partition coefficient (Wildman–Crippen LogP) is 2.08. The van der Waals surface area contributed by atoms with E-state index in [4.69, 9.17) is 9.47 Å². The fraction of sp³-hybridized carbons (Fsp3) is 0.348. The van der Waals surface area contributed by atoms with Crippen molar-refractivity contribution in [3.63, 3.8) is 0 Å². The number of carbonyl (C=O) groups excluding carboxylic acids is 3. The summed E-state index contributed by atoms with van der Waals surface area (Å²) in [5.41, 5.74) is 2.53. The number of hydrogen-bond donors (Lipinski definition) is 1. The average molecular weight is 406 g/mol. The molecular formula is C23H22N2O5. The summed E-state index contributed by atoms with van der Waals surface area (Å²) >= 11 is 0. The van der Waals surface area contributed by atoms with E-state index < -0.39 is 11.9 Å². The highest BCUT2D eigenvalue weighted by atomic mass is 16.5. The standard InChI is InChI=1S/C23H22N2O5/c26-21-9-8-18(22(27)24-21)25-11-17-16(23(25)28)5-3-7-20(17)30-13-14-10-15-4-1-2-6-19(15)29-12-14/h1-7,14,18H,8-13H2,(H,24,26,27). The number of hydrogen-bond acceptors (Lipinski definition) is 5. The second kappa shape index (κ2) is 7.48. The number of ether oxygens (including phenoxy) is 2. The number of rotatable bonds is 4. The van der Waals surface area contributed by atoms with Crippen LogP contribution in [-0.4, -0.2) is 41.9 Å². The van der Waals surface area contributed by atoms with Crippen molar-refractivity contribution in [3.05, 3.63) is 59.2 Å². The molecule has 0 bridgehead atoms. The Hall–Kier alpha value is -3.35. The van der Waals surface area contributed by atoms with Crippen LogP contribution in [0.4, 0.5) is 0 Å². The van der Waals surface area contributed by atoms with E-state index in [1.54, 1.807) is 17.0 Å². The number of carbonyl (C=O) groups is 3. The molecule has 30 heavy (non-hydrogen) atoms. The third-order valence-electron chi connectivity index (χ3n) is 5.97. The Bertz CT molecular complexity index is 1030. The molecule has 0 aliphatic carbocycles. The van der Waals surface area contributed by atoms with Crippen LogP contribution in [0.3, 0.4) is 0 Å². The lowest BCUT2D eigenvalue weighted by molar-refractivity contribution is -0.136. The van der Waals surface area contributed by atoms with Crippen molar-refractivity contribution in [2.75, 3.05) is 13.2 Å². The Morgan fingerprint density at radius 1 is 1.10 bits per heavy atom. The van der Waals surface area contributed by atoms with Crippen LogP contribution >= 0.6 is 0 Å². The molecule has 3 heterocycles. The predicted molar refractivity (Wildman–Crippen MR) is 107 cm³/mol. The zero-order chi connectivity index (χ0) is 20.7. The molecule has 5 rings (SSSR count). The van der Waals surface area contributed by atoms with Crippen molar-refractivity contribution in [1.82, 2.24) is 10.2 Å². The van der Waals surface area contributed by atoms with Gasteiger partial charge < -0.3 is 14.4 Å². The van der Waals surface area contributed by atoms with Gasteiger partial charge >= 0.3 is 0 Å². The summed E-state index contributed by atoms with van der Waals surface area (Å²) in [4.78, 5) is 38.1. The van der Waals surface area contributed by atoms with Gasteiger partial charge in [-0.25, -0.2) is 0 Å². The molecule has 0 radical (unpaired) electrons.